The molecule has 0 spiro atoms. The first kappa shape index (κ1) is 13.4. The van der Waals surface area contributed by atoms with E-state index in [1.807, 2.05) is 6.07 Å². The molecule has 1 amide bonds. The van der Waals surface area contributed by atoms with Crippen LogP contribution in [0.1, 0.15) is 23.2 Å². The van der Waals surface area contributed by atoms with E-state index in [-0.39, 0.29) is 5.91 Å². The van der Waals surface area contributed by atoms with Gasteiger partial charge in [0.1, 0.15) is 6.04 Å². The van der Waals surface area contributed by atoms with Crippen LogP contribution in [0.5, 0.6) is 0 Å². The second-order valence-corrected chi connectivity index (χ2v) is 5.00. The molecule has 0 aliphatic carbocycles. The monoisotopic (exact) mass is 285 g/mol. The normalized spacial score (nSPS) is 17.9. The van der Waals surface area contributed by atoms with E-state index in [0.29, 0.717) is 18.5 Å². The fourth-order valence-corrected chi connectivity index (χ4v) is 2.64. The van der Waals surface area contributed by atoms with Gasteiger partial charge in [-0.1, -0.05) is 6.07 Å². The third-order valence-corrected chi connectivity index (χ3v) is 3.66. The molecule has 6 nitrogen and oxygen atoms in total. The van der Waals surface area contributed by atoms with Crippen molar-refractivity contribution in [3.8, 4) is 5.69 Å². The van der Waals surface area contributed by atoms with Gasteiger partial charge in [0.25, 0.3) is 5.91 Å². The second kappa shape index (κ2) is 5.40. The van der Waals surface area contributed by atoms with Crippen LogP contribution >= 0.6 is 0 Å². The van der Waals surface area contributed by atoms with Gasteiger partial charge in [0.15, 0.2) is 0 Å². The molecule has 3 rings (SSSR count). The van der Waals surface area contributed by atoms with Gasteiger partial charge in [0, 0.05) is 24.5 Å². The summed E-state index contributed by atoms with van der Waals surface area (Å²) in [6.45, 7) is 0.488. The quantitative estimate of drug-likeness (QED) is 0.928. The van der Waals surface area contributed by atoms with Gasteiger partial charge < -0.3 is 10.0 Å². The Morgan fingerprint density at radius 2 is 2.14 bits per heavy atom. The van der Waals surface area contributed by atoms with Gasteiger partial charge in [-0.2, -0.15) is 5.10 Å². The van der Waals surface area contributed by atoms with Crippen molar-refractivity contribution in [3.63, 3.8) is 0 Å². The number of likely N-dealkylation sites (tertiary alicyclic amines) is 1. The average Bonchev–Trinajstić information content (AvgIpc) is 3.17. The van der Waals surface area contributed by atoms with Gasteiger partial charge in [-0.05, 0) is 37.1 Å². The molecule has 1 aliphatic rings. The topological polar surface area (TPSA) is 75.4 Å². The van der Waals surface area contributed by atoms with Crippen molar-refractivity contribution >= 4 is 11.9 Å². The van der Waals surface area contributed by atoms with Crippen LogP contribution in [0.25, 0.3) is 5.69 Å². The molecule has 1 aliphatic heterocycles. The van der Waals surface area contributed by atoms with Crippen molar-refractivity contribution in [2.75, 3.05) is 6.54 Å². The number of rotatable bonds is 3. The minimum atomic E-state index is -0.941. The van der Waals surface area contributed by atoms with E-state index in [1.165, 1.54) is 4.90 Å². The molecule has 0 radical (unpaired) electrons. The first-order chi connectivity index (χ1) is 10.2. The van der Waals surface area contributed by atoms with Crippen molar-refractivity contribution < 1.29 is 14.7 Å². The summed E-state index contributed by atoms with van der Waals surface area (Å²) >= 11 is 0. The zero-order valence-corrected chi connectivity index (χ0v) is 11.3. The maximum absolute atomic E-state index is 12.5. The molecule has 108 valence electrons. The summed E-state index contributed by atoms with van der Waals surface area (Å²) in [5, 5.41) is 13.3. The number of nitrogens with zero attached hydrogens (tertiary/aromatic N) is 3. The molecule has 0 saturated carbocycles. The van der Waals surface area contributed by atoms with Crippen molar-refractivity contribution in [3.05, 3.63) is 48.3 Å². The highest BCUT2D eigenvalue weighted by Crippen LogP contribution is 2.21. The minimum absolute atomic E-state index is 0.242. The number of amides is 1. The molecule has 2 aromatic rings. The van der Waals surface area contributed by atoms with Crippen molar-refractivity contribution in [1.82, 2.24) is 14.7 Å². The number of carboxylic acid groups (broad SMARTS) is 1. The molecular weight excluding hydrogens is 270 g/mol. The fraction of sp³-hybridized carbons (Fsp3) is 0.267. The third kappa shape index (κ3) is 2.52. The molecule has 2 heterocycles. The molecular formula is C15H15N3O3. The zero-order chi connectivity index (χ0) is 14.8. The van der Waals surface area contributed by atoms with Crippen molar-refractivity contribution in [1.29, 1.82) is 0 Å². The molecule has 21 heavy (non-hydrogen) atoms. The Balaban J connectivity index is 1.88. The number of benzene rings is 1. The minimum Gasteiger partial charge on any atom is -0.480 e. The highest BCUT2D eigenvalue weighted by Gasteiger charge is 2.34. The predicted octanol–water partition coefficient (Wildman–Crippen LogP) is 1.56. The lowest BCUT2D eigenvalue weighted by Crippen LogP contribution is -2.40. The van der Waals surface area contributed by atoms with Gasteiger partial charge in [-0.3, -0.25) is 4.79 Å². The molecule has 0 bridgehead atoms. The van der Waals surface area contributed by atoms with E-state index in [9.17, 15) is 14.7 Å². The largest absolute Gasteiger partial charge is 0.480 e. The molecule has 1 aromatic carbocycles. The summed E-state index contributed by atoms with van der Waals surface area (Å²) in [7, 11) is 0. The number of carbonyl (C=O) groups is 2. The lowest BCUT2D eigenvalue weighted by atomic mass is 10.1. The molecule has 1 unspecified atom stereocenters. The number of hydrogen-bond acceptors (Lipinski definition) is 3. The van der Waals surface area contributed by atoms with Crippen LogP contribution in [-0.4, -0.2) is 44.3 Å². The zero-order valence-electron chi connectivity index (χ0n) is 11.3. The van der Waals surface area contributed by atoms with Crippen LogP contribution < -0.4 is 0 Å². The highest BCUT2D eigenvalue weighted by molar-refractivity contribution is 5.97. The lowest BCUT2D eigenvalue weighted by Gasteiger charge is -2.21. The van der Waals surface area contributed by atoms with Crippen LogP contribution in [-0.2, 0) is 4.79 Å². The number of aromatic nitrogens is 2. The summed E-state index contributed by atoms with van der Waals surface area (Å²) in [4.78, 5) is 25.1. The van der Waals surface area contributed by atoms with Crippen molar-refractivity contribution in [2.24, 2.45) is 0 Å². The van der Waals surface area contributed by atoms with E-state index in [0.717, 1.165) is 12.1 Å². The molecule has 1 aromatic heterocycles. The molecule has 1 atom stereocenters. The van der Waals surface area contributed by atoms with E-state index in [1.54, 1.807) is 41.3 Å². The van der Waals surface area contributed by atoms with Crippen LogP contribution in [0.4, 0.5) is 0 Å². The first-order valence-electron chi connectivity index (χ1n) is 6.80. The molecule has 6 heteroatoms. The number of carboxylic acids is 1. The average molecular weight is 285 g/mol. The third-order valence-electron chi connectivity index (χ3n) is 3.66. The van der Waals surface area contributed by atoms with E-state index >= 15 is 0 Å². The Hall–Kier alpha value is -2.63. The van der Waals surface area contributed by atoms with Crippen LogP contribution in [0, 0.1) is 0 Å². The van der Waals surface area contributed by atoms with Gasteiger partial charge in [-0.15, -0.1) is 0 Å². The predicted molar refractivity (Wildman–Crippen MR) is 75.3 cm³/mol. The van der Waals surface area contributed by atoms with Crippen LogP contribution in [0.15, 0.2) is 42.7 Å². The summed E-state index contributed by atoms with van der Waals surface area (Å²) in [5.74, 6) is -1.18. The number of aliphatic carboxylic acids is 1. The summed E-state index contributed by atoms with van der Waals surface area (Å²) < 4.78 is 1.66. The van der Waals surface area contributed by atoms with Crippen molar-refractivity contribution in [2.45, 2.75) is 18.9 Å². The molecule has 1 fully saturated rings. The summed E-state index contributed by atoms with van der Waals surface area (Å²) in [5.41, 5.74) is 1.26. The maximum atomic E-state index is 12.5. The van der Waals surface area contributed by atoms with Crippen LogP contribution in [0.3, 0.4) is 0 Å². The van der Waals surface area contributed by atoms with Gasteiger partial charge in [0.05, 0.1) is 5.69 Å². The Morgan fingerprint density at radius 1 is 1.29 bits per heavy atom. The molecule has 1 saturated heterocycles. The van der Waals surface area contributed by atoms with E-state index in [4.69, 9.17) is 0 Å². The molecule has 1 N–H and O–H groups in total. The van der Waals surface area contributed by atoms with Crippen LogP contribution in [0.2, 0.25) is 0 Å². The standard InChI is InChI=1S/C15H15N3O3/c19-14(17-8-2-6-13(17)15(20)21)11-4-1-5-12(10-11)18-9-3-7-16-18/h1,3-5,7,9-10,13H,2,6,8H2,(H,20,21). The second-order valence-electron chi connectivity index (χ2n) is 5.00. The smallest absolute Gasteiger partial charge is 0.326 e. The summed E-state index contributed by atoms with van der Waals surface area (Å²) in [6, 6.07) is 8.14. The lowest BCUT2D eigenvalue weighted by molar-refractivity contribution is -0.141. The van der Waals surface area contributed by atoms with E-state index in [2.05, 4.69) is 5.10 Å². The maximum Gasteiger partial charge on any atom is 0.326 e. The Morgan fingerprint density at radius 3 is 2.86 bits per heavy atom. The SMILES string of the molecule is O=C(O)C1CCCN1C(=O)c1cccc(-n2cccn2)c1. The van der Waals surface area contributed by atoms with Gasteiger partial charge in [0.2, 0.25) is 0 Å². The van der Waals surface area contributed by atoms with Gasteiger partial charge in [-0.25, -0.2) is 9.48 Å². The van der Waals surface area contributed by atoms with Gasteiger partial charge >= 0.3 is 5.97 Å². The number of hydrogen-bond donors (Lipinski definition) is 1. The summed E-state index contributed by atoms with van der Waals surface area (Å²) in [6.07, 6.45) is 4.69. The first-order valence-corrected chi connectivity index (χ1v) is 6.80. The Bertz CT molecular complexity index is 667. The Labute approximate surface area is 121 Å². The number of carbonyl (C=O) groups excluding carboxylic acids is 1. The Kier molecular flexibility index (Phi) is 3.43. The van der Waals surface area contributed by atoms with E-state index < -0.39 is 12.0 Å². The highest BCUT2D eigenvalue weighted by atomic mass is 16.4. The fourth-order valence-electron chi connectivity index (χ4n) is 2.64.